The Balaban J connectivity index is 2.33. The van der Waals surface area contributed by atoms with Crippen LogP contribution in [0.5, 0.6) is 5.75 Å². The van der Waals surface area contributed by atoms with Gasteiger partial charge in [0, 0.05) is 13.1 Å². The third-order valence-corrected chi connectivity index (χ3v) is 2.49. The highest BCUT2D eigenvalue weighted by Crippen LogP contribution is 2.22. The van der Waals surface area contributed by atoms with Crippen molar-refractivity contribution >= 4 is 16.5 Å². The Labute approximate surface area is 99.5 Å². The molecule has 1 atom stereocenters. The molecule has 0 saturated carbocycles. The van der Waals surface area contributed by atoms with Crippen molar-refractivity contribution in [2.45, 2.75) is 0 Å². The number of rotatable bonds is 4. The number of fused-ring (bicyclic) bond motifs is 1. The van der Waals surface area contributed by atoms with E-state index >= 15 is 0 Å². The molecular formula is C12H15N3O2. The van der Waals surface area contributed by atoms with E-state index in [-0.39, 0.29) is 5.06 Å². The minimum absolute atomic E-state index is 0.0732. The van der Waals surface area contributed by atoms with Crippen LogP contribution in [0.3, 0.4) is 0 Å². The summed E-state index contributed by atoms with van der Waals surface area (Å²) in [7, 11) is 3.29. The number of hydrogen-bond acceptors (Lipinski definition) is 4. The zero-order valence-electron chi connectivity index (χ0n) is 9.78. The molecule has 0 spiro atoms. The monoisotopic (exact) mass is 233 g/mol. The molecule has 0 bridgehead atoms. The smallest absolute Gasteiger partial charge is 0.149 e. The Bertz CT molecular complexity index is 514. The number of hydrazine groups is 1. The molecule has 0 aliphatic rings. The van der Waals surface area contributed by atoms with Crippen molar-refractivity contribution in [2.24, 2.45) is 0 Å². The standard InChI is InChI=1S/C12H15N3O2/c1-13-14-17-12-6-4-9-7-11(15(2)16)5-3-10(9)8-12/h3-8,13-15H,1-2H3. The van der Waals surface area contributed by atoms with Gasteiger partial charge in [-0.15, -0.1) is 0 Å². The molecule has 17 heavy (non-hydrogen) atoms. The lowest BCUT2D eigenvalue weighted by molar-refractivity contribution is -0.751. The zero-order chi connectivity index (χ0) is 12.3. The van der Waals surface area contributed by atoms with Crippen LogP contribution in [0.4, 0.5) is 5.69 Å². The fourth-order valence-corrected chi connectivity index (χ4v) is 1.62. The fraction of sp³-hybridized carbons (Fsp3) is 0.167. The minimum Gasteiger partial charge on any atom is -0.629 e. The average molecular weight is 233 g/mol. The third-order valence-electron chi connectivity index (χ3n) is 2.49. The highest BCUT2D eigenvalue weighted by atomic mass is 16.7. The Hall–Kier alpha value is -1.66. The van der Waals surface area contributed by atoms with E-state index in [9.17, 15) is 5.21 Å². The minimum atomic E-state index is 0.0732. The molecule has 2 aromatic carbocycles. The van der Waals surface area contributed by atoms with Crippen molar-refractivity contribution in [1.82, 2.24) is 11.0 Å². The summed E-state index contributed by atoms with van der Waals surface area (Å²) in [5.41, 5.74) is 5.95. The summed E-state index contributed by atoms with van der Waals surface area (Å²) >= 11 is 0. The van der Waals surface area contributed by atoms with E-state index in [1.807, 2.05) is 36.4 Å². The lowest BCUT2D eigenvalue weighted by atomic mass is 10.1. The van der Waals surface area contributed by atoms with Crippen LogP contribution in [-0.2, 0) is 0 Å². The predicted molar refractivity (Wildman–Crippen MR) is 66.7 cm³/mol. The quantitative estimate of drug-likeness (QED) is 0.673. The number of nitrogens with one attached hydrogen (secondary N) is 3. The van der Waals surface area contributed by atoms with Crippen molar-refractivity contribution in [3.05, 3.63) is 41.6 Å². The molecule has 2 rings (SSSR count). The van der Waals surface area contributed by atoms with Crippen molar-refractivity contribution in [3.8, 4) is 5.75 Å². The molecule has 0 radical (unpaired) electrons. The second-order valence-corrected chi connectivity index (χ2v) is 3.73. The fourth-order valence-electron chi connectivity index (χ4n) is 1.62. The van der Waals surface area contributed by atoms with Crippen LogP contribution in [0.1, 0.15) is 0 Å². The van der Waals surface area contributed by atoms with Crippen molar-refractivity contribution in [1.29, 1.82) is 0 Å². The maximum absolute atomic E-state index is 11.3. The first-order chi connectivity index (χ1) is 8.20. The molecule has 5 heteroatoms. The molecule has 0 aliphatic carbocycles. The summed E-state index contributed by atoms with van der Waals surface area (Å²) < 4.78 is 0. The van der Waals surface area contributed by atoms with Crippen LogP contribution in [0.25, 0.3) is 10.8 Å². The van der Waals surface area contributed by atoms with Gasteiger partial charge >= 0.3 is 0 Å². The highest BCUT2D eigenvalue weighted by molar-refractivity contribution is 5.85. The number of hydroxylamine groups is 1. The van der Waals surface area contributed by atoms with Crippen molar-refractivity contribution < 1.29 is 9.90 Å². The van der Waals surface area contributed by atoms with Crippen LogP contribution in [0, 0.1) is 5.21 Å². The molecule has 0 amide bonds. The molecule has 2 aromatic rings. The first-order valence-corrected chi connectivity index (χ1v) is 5.34. The van der Waals surface area contributed by atoms with Gasteiger partial charge in [-0.05, 0) is 35.0 Å². The number of benzene rings is 2. The van der Waals surface area contributed by atoms with E-state index in [0.717, 1.165) is 16.5 Å². The van der Waals surface area contributed by atoms with Gasteiger partial charge in [-0.25, -0.2) is 5.43 Å². The van der Waals surface area contributed by atoms with Gasteiger partial charge in [0.25, 0.3) is 0 Å². The average Bonchev–Trinajstić information content (AvgIpc) is 2.35. The molecule has 3 N–H and O–H groups in total. The van der Waals surface area contributed by atoms with Gasteiger partial charge in [0.2, 0.25) is 0 Å². The third kappa shape index (κ3) is 2.72. The summed E-state index contributed by atoms with van der Waals surface area (Å²) in [5, 5.41) is 13.4. The lowest BCUT2D eigenvalue weighted by Gasteiger charge is -2.16. The van der Waals surface area contributed by atoms with Crippen LogP contribution >= 0.6 is 0 Å². The molecule has 5 nitrogen and oxygen atoms in total. The molecule has 0 saturated heterocycles. The summed E-state index contributed by atoms with van der Waals surface area (Å²) in [4.78, 5) is 5.21. The van der Waals surface area contributed by atoms with Gasteiger partial charge in [-0.1, -0.05) is 11.7 Å². The number of hydrogen-bond donors (Lipinski definition) is 3. The van der Waals surface area contributed by atoms with Gasteiger partial charge in [-0.2, -0.15) is 0 Å². The second kappa shape index (κ2) is 5.11. The molecule has 90 valence electrons. The first-order valence-electron chi connectivity index (χ1n) is 5.34. The summed E-state index contributed by atoms with van der Waals surface area (Å²) in [6.07, 6.45) is 0. The van der Waals surface area contributed by atoms with Gasteiger partial charge < -0.3 is 15.1 Å². The Morgan fingerprint density at radius 2 is 1.82 bits per heavy atom. The van der Waals surface area contributed by atoms with Gasteiger partial charge in [-0.3, -0.25) is 0 Å². The molecule has 0 fully saturated rings. The van der Waals surface area contributed by atoms with E-state index in [0.29, 0.717) is 5.75 Å². The highest BCUT2D eigenvalue weighted by Gasteiger charge is 2.01. The molecule has 0 aliphatic heterocycles. The SMILES string of the molecule is CNNOc1ccc2cc([NH+](C)[O-])ccc2c1. The van der Waals surface area contributed by atoms with E-state index in [1.54, 1.807) is 14.1 Å². The lowest BCUT2D eigenvalue weighted by Crippen LogP contribution is -2.98. The largest absolute Gasteiger partial charge is 0.629 e. The molecule has 0 aromatic heterocycles. The molecule has 1 unspecified atom stereocenters. The van der Waals surface area contributed by atoms with Crippen LogP contribution in [0.15, 0.2) is 36.4 Å². The molecular weight excluding hydrogens is 218 g/mol. The summed E-state index contributed by atoms with van der Waals surface area (Å²) in [6.45, 7) is 0. The van der Waals surface area contributed by atoms with Crippen molar-refractivity contribution in [2.75, 3.05) is 14.1 Å². The Kier molecular flexibility index (Phi) is 3.55. The maximum atomic E-state index is 11.3. The number of quaternary nitrogens is 1. The summed E-state index contributed by atoms with van der Waals surface area (Å²) in [6, 6.07) is 11.3. The zero-order valence-corrected chi connectivity index (χ0v) is 9.78. The van der Waals surface area contributed by atoms with Crippen LogP contribution in [0.2, 0.25) is 0 Å². The van der Waals surface area contributed by atoms with E-state index < -0.39 is 0 Å². The van der Waals surface area contributed by atoms with Crippen LogP contribution < -0.4 is 20.9 Å². The normalized spacial score (nSPS) is 12.6. The van der Waals surface area contributed by atoms with Crippen molar-refractivity contribution in [3.63, 3.8) is 0 Å². The maximum Gasteiger partial charge on any atom is 0.149 e. The summed E-state index contributed by atoms with van der Waals surface area (Å²) in [5.74, 6) is 0.711. The first kappa shape index (κ1) is 11.8. The van der Waals surface area contributed by atoms with E-state index in [2.05, 4.69) is 11.0 Å². The van der Waals surface area contributed by atoms with Gasteiger partial charge in [0.1, 0.15) is 11.4 Å². The van der Waals surface area contributed by atoms with E-state index in [1.165, 1.54) is 0 Å². The van der Waals surface area contributed by atoms with Gasteiger partial charge in [0.05, 0.1) is 7.05 Å². The van der Waals surface area contributed by atoms with E-state index in [4.69, 9.17) is 4.84 Å². The second-order valence-electron chi connectivity index (χ2n) is 3.73. The predicted octanol–water partition coefficient (Wildman–Crippen LogP) is 0.502. The van der Waals surface area contributed by atoms with Crippen LogP contribution in [-0.4, -0.2) is 14.1 Å². The topological polar surface area (TPSA) is 60.8 Å². The molecule has 0 heterocycles. The Morgan fingerprint density at radius 3 is 2.53 bits per heavy atom. The van der Waals surface area contributed by atoms with Gasteiger partial charge in [0.15, 0.2) is 0 Å². The Morgan fingerprint density at radius 1 is 1.12 bits per heavy atom.